The van der Waals surface area contributed by atoms with E-state index in [1.807, 2.05) is 13.8 Å². The van der Waals surface area contributed by atoms with Gasteiger partial charge in [-0.1, -0.05) is 33.6 Å². The smallest absolute Gasteiger partial charge is 0.328 e. The molecular formula is C19H29NO5. The van der Waals surface area contributed by atoms with Crippen molar-refractivity contribution in [2.24, 2.45) is 5.92 Å². The molecule has 6 heteroatoms. The molecule has 0 heterocycles. The third kappa shape index (κ3) is 5.96. The number of carbonyl (C=O) groups excluding carboxylic acids is 2. The zero-order chi connectivity index (χ0) is 18.8. The maximum absolute atomic E-state index is 12.5. The first-order valence-electron chi connectivity index (χ1n) is 8.67. The highest BCUT2D eigenvalue weighted by Gasteiger charge is 2.27. The first-order chi connectivity index (χ1) is 12.0. The average Bonchev–Trinajstić information content (AvgIpc) is 2.64. The molecule has 1 aromatic carbocycles. The fraction of sp³-hybridized carbons (Fsp3) is 0.579. The summed E-state index contributed by atoms with van der Waals surface area (Å²) in [5, 5.41) is 2.75. The van der Waals surface area contributed by atoms with Gasteiger partial charge in [0.25, 0.3) is 5.91 Å². The van der Waals surface area contributed by atoms with E-state index in [9.17, 15) is 9.59 Å². The van der Waals surface area contributed by atoms with E-state index in [0.717, 1.165) is 19.3 Å². The number of carbonyl (C=O) groups is 2. The molecule has 1 amide bonds. The molecular weight excluding hydrogens is 322 g/mol. The Balaban J connectivity index is 2.91. The Bertz CT molecular complexity index is 573. The third-order valence-electron chi connectivity index (χ3n) is 4.14. The van der Waals surface area contributed by atoms with E-state index in [-0.39, 0.29) is 11.8 Å². The highest BCUT2D eigenvalue weighted by molar-refractivity contribution is 5.97. The number of hydrogen-bond acceptors (Lipinski definition) is 5. The van der Waals surface area contributed by atoms with Crippen molar-refractivity contribution in [2.45, 2.75) is 46.1 Å². The summed E-state index contributed by atoms with van der Waals surface area (Å²) in [6.45, 7) is 6.53. The zero-order valence-electron chi connectivity index (χ0n) is 15.8. The van der Waals surface area contributed by atoms with Crippen molar-refractivity contribution in [1.82, 2.24) is 5.32 Å². The SMILES string of the molecule is CCCCOc1ccc(C(=O)N[C@H](C(=O)OC)[C@@H](C)CC)cc1OC. The predicted octanol–water partition coefficient (Wildman–Crippen LogP) is 3.19. The zero-order valence-corrected chi connectivity index (χ0v) is 15.8. The van der Waals surface area contributed by atoms with E-state index in [1.54, 1.807) is 18.2 Å². The van der Waals surface area contributed by atoms with Crippen LogP contribution in [0.25, 0.3) is 0 Å². The molecule has 0 aliphatic rings. The normalized spacial score (nSPS) is 12.8. The maximum Gasteiger partial charge on any atom is 0.328 e. The molecule has 6 nitrogen and oxygen atoms in total. The summed E-state index contributed by atoms with van der Waals surface area (Å²) in [5.41, 5.74) is 0.400. The molecule has 0 saturated heterocycles. The predicted molar refractivity (Wildman–Crippen MR) is 96.1 cm³/mol. The van der Waals surface area contributed by atoms with Gasteiger partial charge in [0.2, 0.25) is 0 Å². The molecule has 0 bridgehead atoms. The summed E-state index contributed by atoms with van der Waals surface area (Å²) < 4.78 is 15.8. The number of unbranched alkanes of at least 4 members (excludes halogenated alkanes) is 1. The quantitative estimate of drug-likeness (QED) is 0.518. The van der Waals surface area contributed by atoms with Crippen LogP contribution in [0.3, 0.4) is 0 Å². The van der Waals surface area contributed by atoms with E-state index in [4.69, 9.17) is 14.2 Å². The minimum atomic E-state index is -0.686. The lowest BCUT2D eigenvalue weighted by Crippen LogP contribution is -2.45. The standard InChI is InChI=1S/C19H29NO5/c1-6-8-11-25-15-10-9-14(12-16(15)23-4)18(21)20-17(13(3)7-2)19(22)24-5/h9-10,12-13,17H,6-8,11H2,1-5H3,(H,20,21)/t13-,17-/m0/s1. The summed E-state index contributed by atoms with van der Waals surface area (Å²) in [6, 6.07) is 4.29. The number of hydrogen-bond donors (Lipinski definition) is 1. The van der Waals surface area contributed by atoms with Crippen molar-refractivity contribution >= 4 is 11.9 Å². The van der Waals surface area contributed by atoms with Crippen LogP contribution in [-0.4, -0.2) is 38.7 Å². The van der Waals surface area contributed by atoms with Gasteiger partial charge in [-0.05, 0) is 30.5 Å². The number of ether oxygens (including phenoxy) is 3. The van der Waals surface area contributed by atoms with Gasteiger partial charge in [0.1, 0.15) is 6.04 Å². The molecule has 140 valence electrons. The van der Waals surface area contributed by atoms with Gasteiger partial charge in [-0.2, -0.15) is 0 Å². The lowest BCUT2D eigenvalue weighted by molar-refractivity contribution is -0.144. The maximum atomic E-state index is 12.5. The molecule has 0 fully saturated rings. The van der Waals surface area contributed by atoms with Crippen LogP contribution in [0.15, 0.2) is 18.2 Å². The highest BCUT2D eigenvalue weighted by Crippen LogP contribution is 2.28. The Morgan fingerprint density at radius 3 is 2.44 bits per heavy atom. The van der Waals surface area contributed by atoms with Gasteiger partial charge in [-0.15, -0.1) is 0 Å². The second-order valence-corrected chi connectivity index (χ2v) is 5.93. The number of nitrogens with one attached hydrogen (secondary N) is 1. The van der Waals surface area contributed by atoms with Crippen molar-refractivity contribution in [3.05, 3.63) is 23.8 Å². The summed E-state index contributed by atoms with van der Waals surface area (Å²) in [6.07, 6.45) is 2.72. The lowest BCUT2D eigenvalue weighted by atomic mass is 9.99. The second kappa shape index (κ2) is 10.6. The highest BCUT2D eigenvalue weighted by atomic mass is 16.5. The summed E-state index contributed by atoms with van der Waals surface area (Å²) >= 11 is 0. The minimum absolute atomic E-state index is 0.0325. The first-order valence-corrected chi connectivity index (χ1v) is 8.67. The van der Waals surface area contributed by atoms with E-state index in [2.05, 4.69) is 12.2 Å². The molecule has 0 aliphatic heterocycles. The Morgan fingerprint density at radius 2 is 1.88 bits per heavy atom. The molecule has 1 rings (SSSR count). The Labute approximate surface area is 149 Å². The number of amides is 1. The van der Waals surface area contributed by atoms with Gasteiger partial charge in [0, 0.05) is 5.56 Å². The fourth-order valence-corrected chi connectivity index (χ4v) is 2.28. The Kier molecular flexibility index (Phi) is 8.81. The number of benzene rings is 1. The molecule has 0 unspecified atom stereocenters. The largest absolute Gasteiger partial charge is 0.493 e. The second-order valence-electron chi connectivity index (χ2n) is 5.93. The van der Waals surface area contributed by atoms with E-state index in [1.165, 1.54) is 14.2 Å². The Hall–Kier alpha value is -2.24. The molecule has 1 N–H and O–H groups in total. The molecule has 25 heavy (non-hydrogen) atoms. The summed E-state index contributed by atoms with van der Waals surface area (Å²) in [5.74, 6) is 0.249. The van der Waals surface area contributed by atoms with Gasteiger partial charge in [-0.25, -0.2) is 4.79 Å². The topological polar surface area (TPSA) is 73.9 Å². The minimum Gasteiger partial charge on any atom is -0.493 e. The molecule has 1 aromatic rings. The van der Waals surface area contributed by atoms with Crippen LogP contribution >= 0.6 is 0 Å². The molecule has 0 radical (unpaired) electrons. The Morgan fingerprint density at radius 1 is 1.16 bits per heavy atom. The molecule has 0 aromatic heterocycles. The van der Waals surface area contributed by atoms with Crippen molar-refractivity contribution in [2.75, 3.05) is 20.8 Å². The third-order valence-corrected chi connectivity index (χ3v) is 4.14. The van der Waals surface area contributed by atoms with Crippen LogP contribution < -0.4 is 14.8 Å². The van der Waals surface area contributed by atoms with Gasteiger partial charge < -0.3 is 19.5 Å². The van der Waals surface area contributed by atoms with E-state index < -0.39 is 12.0 Å². The summed E-state index contributed by atoms with van der Waals surface area (Å²) in [7, 11) is 2.84. The van der Waals surface area contributed by atoms with Crippen molar-refractivity contribution in [1.29, 1.82) is 0 Å². The van der Waals surface area contributed by atoms with Gasteiger partial charge in [0.15, 0.2) is 11.5 Å². The van der Waals surface area contributed by atoms with Crippen molar-refractivity contribution in [3.8, 4) is 11.5 Å². The summed E-state index contributed by atoms with van der Waals surface area (Å²) in [4.78, 5) is 24.4. The lowest BCUT2D eigenvalue weighted by Gasteiger charge is -2.22. The van der Waals surface area contributed by atoms with Crippen LogP contribution in [0.1, 0.15) is 50.4 Å². The van der Waals surface area contributed by atoms with Gasteiger partial charge in [-0.3, -0.25) is 4.79 Å². The van der Waals surface area contributed by atoms with E-state index >= 15 is 0 Å². The monoisotopic (exact) mass is 351 g/mol. The van der Waals surface area contributed by atoms with Crippen LogP contribution in [0.2, 0.25) is 0 Å². The van der Waals surface area contributed by atoms with Crippen molar-refractivity contribution in [3.63, 3.8) is 0 Å². The first kappa shape index (κ1) is 20.8. The van der Waals surface area contributed by atoms with Crippen LogP contribution in [0.5, 0.6) is 11.5 Å². The number of rotatable bonds is 10. The molecule has 0 aliphatic carbocycles. The molecule has 0 saturated carbocycles. The van der Waals surface area contributed by atoms with Crippen molar-refractivity contribution < 1.29 is 23.8 Å². The van der Waals surface area contributed by atoms with Gasteiger partial charge in [0.05, 0.1) is 20.8 Å². The van der Waals surface area contributed by atoms with Crippen LogP contribution in [0, 0.1) is 5.92 Å². The van der Waals surface area contributed by atoms with Gasteiger partial charge >= 0.3 is 5.97 Å². The molecule has 0 spiro atoms. The number of esters is 1. The average molecular weight is 351 g/mol. The van der Waals surface area contributed by atoms with Crippen LogP contribution in [-0.2, 0) is 9.53 Å². The number of methoxy groups -OCH3 is 2. The van der Waals surface area contributed by atoms with E-state index in [0.29, 0.717) is 23.7 Å². The molecule has 2 atom stereocenters. The van der Waals surface area contributed by atoms with Crippen LogP contribution in [0.4, 0.5) is 0 Å². The fourth-order valence-electron chi connectivity index (χ4n) is 2.28.